The first-order valence-electron chi connectivity index (χ1n) is 15.2. The lowest BCUT2D eigenvalue weighted by atomic mass is 10.2. The van der Waals surface area contributed by atoms with Crippen molar-refractivity contribution in [3.63, 3.8) is 0 Å². The molecule has 0 radical (unpaired) electrons. The molecule has 260 valence electrons. The highest BCUT2D eigenvalue weighted by Crippen LogP contribution is 2.27. The molecule has 1 N–H and O–H groups in total. The summed E-state index contributed by atoms with van der Waals surface area (Å²) in [4.78, 5) is 35.8. The zero-order chi connectivity index (χ0) is 35.9. The summed E-state index contributed by atoms with van der Waals surface area (Å²) in [6, 6.07) is 18.9. The molecule has 0 aliphatic heterocycles. The Morgan fingerprint density at radius 1 is 0.740 bits per heavy atom. The molecule has 0 spiro atoms. The van der Waals surface area contributed by atoms with Crippen molar-refractivity contribution < 1.29 is 28.9 Å². The van der Waals surface area contributed by atoms with Gasteiger partial charge in [0.2, 0.25) is 0 Å². The minimum absolute atomic E-state index is 0.0356. The van der Waals surface area contributed by atoms with Crippen LogP contribution in [0.25, 0.3) is 11.3 Å². The smallest absolute Gasteiger partial charge is 0.358 e. The van der Waals surface area contributed by atoms with Crippen molar-refractivity contribution in [2.24, 2.45) is 0 Å². The molecule has 50 heavy (non-hydrogen) atoms. The van der Waals surface area contributed by atoms with Crippen LogP contribution < -0.4 is 19.3 Å². The topological polar surface area (TPSA) is 149 Å². The van der Waals surface area contributed by atoms with Gasteiger partial charge in [-0.15, -0.1) is 0 Å². The Balaban J connectivity index is 0.000000195. The van der Waals surface area contributed by atoms with E-state index in [-0.39, 0.29) is 28.3 Å². The third-order valence-electron chi connectivity index (χ3n) is 7.52. The van der Waals surface area contributed by atoms with Crippen molar-refractivity contribution >= 4 is 57.8 Å². The Morgan fingerprint density at radius 3 is 1.56 bits per heavy atom. The van der Waals surface area contributed by atoms with Crippen LogP contribution in [0, 0.1) is 0 Å². The molecule has 0 atom stereocenters. The maximum atomic E-state index is 12.1. The number of ether oxygens (including phenoxy) is 3. The summed E-state index contributed by atoms with van der Waals surface area (Å²) in [5, 5.41) is 17.9. The molecule has 2 aromatic carbocycles. The minimum atomic E-state index is -1.11. The van der Waals surface area contributed by atoms with E-state index in [1.165, 1.54) is 21.4 Å². The normalized spacial score (nSPS) is 10.8. The van der Waals surface area contributed by atoms with Crippen LogP contribution in [0.15, 0.2) is 73.1 Å². The van der Waals surface area contributed by atoms with Crippen LogP contribution in [-0.4, -0.2) is 81.2 Å². The Kier molecular flexibility index (Phi) is 11.2. The Morgan fingerprint density at radius 2 is 1.16 bits per heavy atom. The van der Waals surface area contributed by atoms with Gasteiger partial charge in [0.05, 0.1) is 44.6 Å². The molecule has 0 saturated heterocycles. The van der Waals surface area contributed by atoms with E-state index in [0.717, 1.165) is 28.3 Å². The first-order valence-corrected chi connectivity index (χ1v) is 16.0. The number of carbonyl (C=O) groups is 2. The van der Waals surface area contributed by atoms with Crippen molar-refractivity contribution in [1.29, 1.82) is 0 Å². The fourth-order valence-electron chi connectivity index (χ4n) is 5.08. The van der Waals surface area contributed by atoms with Gasteiger partial charge in [-0.1, -0.05) is 47.5 Å². The Bertz CT molecular complexity index is 2120. The summed E-state index contributed by atoms with van der Waals surface area (Å²) in [5.41, 5.74) is 4.79. The second-order valence-corrected chi connectivity index (χ2v) is 11.7. The van der Waals surface area contributed by atoms with Crippen LogP contribution in [-0.2, 0) is 17.8 Å². The molecule has 0 saturated carbocycles. The summed E-state index contributed by atoms with van der Waals surface area (Å²) in [6.07, 6.45) is 2.72. The summed E-state index contributed by atoms with van der Waals surface area (Å²) in [6.45, 7) is 3.24. The number of aromatic carboxylic acids is 1. The van der Waals surface area contributed by atoms with Gasteiger partial charge < -0.3 is 29.1 Å². The maximum Gasteiger partial charge on any atom is 0.358 e. The number of imidazole rings is 2. The number of anilines is 2. The molecule has 0 unspecified atom stereocenters. The van der Waals surface area contributed by atoms with Crippen molar-refractivity contribution in [2.75, 3.05) is 44.7 Å². The van der Waals surface area contributed by atoms with Gasteiger partial charge in [0.15, 0.2) is 33.0 Å². The SMILES string of the molecule is CCOC(=O)c1cnc2c(N(C)Cc3ccc(OC)cc3)cc(Cl)nn12.COc1ccc(CN(C)c2cc(Cl)nn3c(C(=O)O)cnc23)cc1. The molecular formula is C34H34Cl2N8O6. The van der Waals surface area contributed by atoms with Crippen molar-refractivity contribution in [1.82, 2.24) is 29.2 Å². The molecule has 0 bridgehead atoms. The third kappa shape index (κ3) is 7.98. The second-order valence-electron chi connectivity index (χ2n) is 10.9. The Hall–Kier alpha value is -5.60. The van der Waals surface area contributed by atoms with Crippen molar-refractivity contribution in [2.45, 2.75) is 20.0 Å². The fourth-order valence-corrected chi connectivity index (χ4v) is 5.44. The van der Waals surface area contributed by atoms with E-state index in [0.29, 0.717) is 30.1 Å². The lowest BCUT2D eigenvalue weighted by Crippen LogP contribution is -2.18. The van der Waals surface area contributed by atoms with Gasteiger partial charge in [0, 0.05) is 39.3 Å². The molecule has 4 aromatic heterocycles. The summed E-state index contributed by atoms with van der Waals surface area (Å²) in [7, 11) is 7.06. The van der Waals surface area contributed by atoms with Gasteiger partial charge >= 0.3 is 11.9 Å². The van der Waals surface area contributed by atoms with E-state index in [1.807, 2.05) is 72.4 Å². The number of nitrogens with zero attached hydrogens (tertiary/aromatic N) is 8. The summed E-state index contributed by atoms with van der Waals surface area (Å²) >= 11 is 12.2. The average molecular weight is 722 g/mol. The van der Waals surface area contributed by atoms with Gasteiger partial charge in [-0.25, -0.2) is 28.6 Å². The minimum Gasteiger partial charge on any atom is -0.497 e. The predicted octanol–water partition coefficient (Wildman–Crippen LogP) is 5.93. The van der Waals surface area contributed by atoms with Gasteiger partial charge in [-0.2, -0.15) is 10.2 Å². The van der Waals surface area contributed by atoms with Crippen LogP contribution in [0.3, 0.4) is 0 Å². The number of carboxylic acids is 1. The number of halogens is 2. The molecule has 0 aliphatic carbocycles. The number of hydrogen-bond acceptors (Lipinski definition) is 11. The highest BCUT2D eigenvalue weighted by molar-refractivity contribution is 6.30. The molecule has 14 nitrogen and oxygen atoms in total. The number of hydrogen-bond donors (Lipinski definition) is 1. The number of carbonyl (C=O) groups excluding carboxylic acids is 1. The number of benzene rings is 2. The van der Waals surface area contributed by atoms with Crippen LogP contribution in [0.1, 0.15) is 39.0 Å². The maximum absolute atomic E-state index is 12.1. The van der Waals surface area contributed by atoms with Gasteiger partial charge in [0.1, 0.15) is 11.5 Å². The highest BCUT2D eigenvalue weighted by atomic mass is 35.5. The predicted molar refractivity (Wildman–Crippen MR) is 189 cm³/mol. The lowest BCUT2D eigenvalue weighted by molar-refractivity contribution is 0.0516. The lowest BCUT2D eigenvalue weighted by Gasteiger charge is -2.20. The molecule has 6 rings (SSSR count). The van der Waals surface area contributed by atoms with Crippen molar-refractivity contribution in [3.05, 3.63) is 106 Å². The van der Waals surface area contributed by atoms with E-state index >= 15 is 0 Å². The number of esters is 1. The van der Waals surface area contributed by atoms with E-state index in [9.17, 15) is 14.7 Å². The molecule has 0 fully saturated rings. The quantitative estimate of drug-likeness (QED) is 0.158. The number of aromatic nitrogens is 6. The van der Waals surface area contributed by atoms with Crippen molar-refractivity contribution in [3.8, 4) is 11.5 Å². The second kappa shape index (κ2) is 15.7. The highest BCUT2D eigenvalue weighted by Gasteiger charge is 2.20. The molecular weight excluding hydrogens is 687 g/mol. The van der Waals surface area contributed by atoms with Gasteiger partial charge in [-0.3, -0.25) is 0 Å². The zero-order valence-corrected chi connectivity index (χ0v) is 29.4. The summed E-state index contributed by atoms with van der Waals surface area (Å²) in [5.74, 6) is -0.00672. The fraction of sp³-hybridized carbons (Fsp3) is 0.235. The standard InChI is InChI=1S/C18H19ClN4O3.C16H15ClN4O3/c1-4-26-18(24)15-10-20-17-14(9-16(19)21-23(15)17)22(2)11-12-5-7-13(25-3)8-6-12;1-20(9-10-3-5-11(24-2)6-4-10)12-7-14(17)19-21-13(16(22)23)8-18-15(12)21/h5-10H,4,11H2,1-3H3;3-8H,9H2,1-2H3,(H,22,23). The van der Waals surface area contributed by atoms with E-state index in [1.54, 1.807) is 33.3 Å². The van der Waals surface area contributed by atoms with E-state index in [2.05, 4.69) is 20.2 Å². The van der Waals surface area contributed by atoms with Crippen LogP contribution in [0.2, 0.25) is 10.3 Å². The first-order chi connectivity index (χ1) is 24.0. The molecule has 4 heterocycles. The molecule has 16 heteroatoms. The third-order valence-corrected chi connectivity index (χ3v) is 7.89. The van der Waals surface area contributed by atoms with Crippen LogP contribution >= 0.6 is 23.2 Å². The number of fused-ring (bicyclic) bond motifs is 2. The Labute approximate surface area is 297 Å². The average Bonchev–Trinajstić information content (AvgIpc) is 3.73. The number of carboxylic acid groups (broad SMARTS) is 1. The van der Waals surface area contributed by atoms with Gasteiger partial charge in [0.25, 0.3) is 0 Å². The summed E-state index contributed by atoms with van der Waals surface area (Å²) < 4.78 is 18.0. The van der Waals surface area contributed by atoms with Crippen LogP contribution in [0.5, 0.6) is 11.5 Å². The first kappa shape index (κ1) is 35.7. The number of methoxy groups -OCH3 is 2. The van der Waals surface area contributed by atoms with Gasteiger partial charge in [-0.05, 0) is 42.3 Å². The number of rotatable bonds is 11. The zero-order valence-electron chi connectivity index (χ0n) is 27.9. The van der Waals surface area contributed by atoms with E-state index < -0.39 is 11.9 Å². The van der Waals surface area contributed by atoms with E-state index in [4.69, 9.17) is 37.4 Å². The molecule has 6 aromatic rings. The molecule has 0 amide bonds. The molecule has 0 aliphatic rings. The monoisotopic (exact) mass is 720 g/mol. The largest absolute Gasteiger partial charge is 0.497 e. The van der Waals surface area contributed by atoms with Crippen LogP contribution in [0.4, 0.5) is 11.4 Å².